The van der Waals surface area contributed by atoms with E-state index in [4.69, 9.17) is 9.47 Å². The fraction of sp³-hybridized carbons (Fsp3) is 0.440. The Balaban J connectivity index is 1.58. The van der Waals surface area contributed by atoms with E-state index in [0.717, 1.165) is 29.5 Å². The maximum absolute atomic E-state index is 13.0. The Morgan fingerprint density at radius 3 is 2.65 bits per heavy atom. The number of rotatable bonds is 5. The minimum atomic E-state index is -1.12. The number of likely N-dealkylation sites (N-methyl/N-ethyl adjacent to an activating group) is 1. The zero-order valence-electron chi connectivity index (χ0n) is 18.2. The summed E-state index contributed by atoms with van der Waals surface area (Å²) in [6, 6.07) is 16.5. The third-order valence-electron chi connectivity index (χ3n) is 6.15. The molecule has 6 heteroatoms. The van der Waals surface area contributed by atoms with E-state index in [-0.39, 0.29) is 18.4 Å². The minimum absolute atomic E-state index is 0.0394. The molecule has 0 saturated carbocycles. The van der Waals surface area contributed by atoms with E-state index in [0.29, 0.717) is 26.2 Å². The maximum Gasteiger partial charge on any atom is 0.254 e. The van der Waals surface area contributed by atoms with Gasteiger partial charge < -0.3 is 19.7 Å². The molecule has 0 aromatic heterocycles. The van der Waals surface area contributed by atoms with Crippen LogP contribution in [0.2, 0.25) is 0 Å². The molecule has 2 aromatic carbocycles. The summed E-state index contributed by atoms with van der Waals surface area (Å²) < 4.78 is 11.7. The Morgan fingerprint density at radius 1 is 1.13 bits per heavy atom. The average molecular weight is 423 g/mol. The fourth-order valence-corrected chi connectivity index (χ4v) is 4.44. The summed E-state index contributed by atoms with van der Waals surface area (Å²) in [6.07, 6.45) is 1.63. The highest BCUT2D eigenvalue weighted by Crippen LogP contribution is 2.28. The highest BCUT2D eigenvalue weighted by molar-refractivity contribution is 5.88. The summed E-state index contributed by atoms with van der Waals surface area (Å²) in [5, 5.41) is 2.74. The first-order valence-electron chi connectivity index (χ1n) is 10.9. The molecule has 0 bridgehead atoms. The number of carbonyl (C=O) groups excluding carboxylic acids is 2. The van der Waals surface area contributed by atoms with Crippen molar-refractivity contribution in [2.75, 3.05) is 33.4 Å². The molecule has 0 spiro atoms. The third kappa shape index (κ3) is 4.65. The Hall–Kier alpha value is -2.70. The quantitative estimate of drug-likeness (QED) is 0.805. The SMILES string of the molecule is CNC(=O)[C@]1(Cc2cccc(-c3ccc(C)cc3)c2)CN(C(=O)[C@H]2CCCO2)CCO1. The molecule has 2 atom stereocenters. The van der Waals surface area contributed by atoms with E-state index in [9.17, 15) is 9.59 Å². The van der Waals surface area contributed by atoms with Crippen LogP contribution in [0.25, 0.3) is 11.1 Å². The number of hydrogen-bond acceptors (Lipinski definition) is 4. The molecule has 2 heterocycles. The maximum atomic E-state index is 13.0. The largest absolute Gasteiger partial charge is 0.368 e. The van der Waals surface area contributed by atoms with E-state index < -0.39 is 11.7 Å². The molecule has 2 aliphatic heterocycles. The molecule has 1 N–H and O–H groups in total. The van der Waals surface area contributed by atoms with Crippen LogP contribution in [0.4, 0.5) is 0 Å². The van der Waals surface area contributed by atoms with Gasteiger partial charge in [-0.1, -0.05) is 54.1 Å². The second-order valence-corrected chi connectivity index (χ2v) is 8.43. The zero-order chi connectivity index (χ0) is 21.8. The van der Waals surface area contributed by atoms with Gasteiger partial charge in [-0.25, -0.2) is 0 Å². The second kappa shape index (κ2) is 9.20. The first-order valence-corrected chi connectivity index (χ1v) is 10.9. The summed E-state index contributed by atoms with van der Waals surface area (Å²) in [5.41, 5.74) is 3.31. The van der Waals surface area contributed by atoms with Gasteiger partial charge in [0.25, 0.3) is 11.8 Å². The Bertz CT molecular complexity index is 937. The first-order chi connectivity index (χ1) is 15.0. The van der Waals surface area contributed by atoms with Crippen LogP contribution in [-0.4, -0.2) is 61.8 Å². The van der Waals surface area contributed by atoms with Crippen LogP contribution in [0.1, 0.15) is 24.0 Å². The molecule has 2 amide bonds. The summed E-state index contributed by atoms with van der Waals surface area (Å²) in [6.45, 7) is 3.70. The van der Waals surface area contributed by atoms with Crippen molar-refractivity contribution in [3.05, 3.63) is 59.7 Å². The number of aryl methyl sites for hydroxylation is 1. The number of ether oxygens (including phenoxy) is 2. The number of amides is 2. The number of benzene rings is 2. The van der Waals surface area contributed by atoms with Crippen LogP contribution >= 0.6 is 0 Å². The average Bonchev–Trinajstić information content (AvgIpc) is 3.34. The zero-order valence-corrected chi connectivity index (χ0v) is 18.2. The van der Waals surface area contributed by atoms with Gasteiger partial charge in [-0.15, -0.1) is 0 Å². The molecule has 2 fully saturated rings. The highest BCUT2D eigenvalue weighted by atomic mass is 16.5. The lowest BCUT2D eigenvalue weighted by molar-refractivity contribution is -0.169. The lowest BCUT2D eigenvalue weighted by atomic mass is 9.89. The van der Waals surface area contributed by atoms with Gasteiger partial charge >= 0.3 is 0 Å². The van der Waals surface area contributed by atoms with Crippen molar-refractivity contribution in [1.82, 2.24) is 10.2 Å². The van der Waals surface area contributed by atoms with Crippen LogP contribution in [0.3, 0.4) is 0 Å². The molecular weight excluding hydrogens is 392 g/mol. The van der Waals surface area contributed by atoms with Gasteiger partial charge in [-0.3, -0.25) is 9.59 Å². The van der Waals surface area contributed by atoms with E-state index in [2.05, 4.69) is 48.6 Å². The van der Waals surface area contributed by atoms with Crippen molar-refractivity contribution < 1.29 is 19.1 Å². The summed E-state index contributed by atoms with van der Waals surface area (Å²) in [4.78, 5) is 27.6. The van der Waals surface area contributed by atoms with E-state index in [1.807, 2.05) is 12.1 Å². The van der Waals surface area contributed by atoms with Crippen LogP contribution < -0.4 is 5.32 Å². The van der Waals surface area contributed by atoms with Gasteiger partial charge in [0.1, 0.15) is 6.10 Å². The Labute approximate surface area is 183 Å². The minimum Gasteiger partial charge on any atom is -0.368 e. The Morgan fingerprint density at radius 2 is 1.94 bits per heavy atom. The van der Waals surface area contributed by atoms with Crippen molar-refractivity contribution in [1.29, 1.82) is 0 Å². The number of nitrogens with one attached hydrogen (secondary N) is 1. The predicted molar refractivity (Wildman–Crippen MR) is 119 cm³/mol. The number of nitrogens with zero attached hydrogens (tertiary/aromatic N) is 1. The predicted octanol–water partition coefficient (Wildman–Crippen LogP) is 2.73. The van der Waals surface area contributed by atoms with Crippen LogP contribution in [-0.2, 0) is 25.5 Å². The molecule has 4 rings (SSSR count). The van der Waals surface area contributed by atoms with Gasteiger partial charge in [-0.2, -0.15) is 0 Å². The van der Waals surface area contributed by atoms with E-state index in [1.54, 1.807) is 11.9 Å². The number of carbonyl (C=O) groups is 2. The highest BCUT2D eigenvalue weighted by Gasteiger charge is 2.45. The Kier molecular flexibility index (Phi) is 6.39. The molecule has 2 aliphatic rings. The topological polar surface area (TPSA) is 67.9 Å². The molecule has 2 aromatic rings. The van der Waals surface area contributed by atoms with Gasteiger partial charge in [0, 0.05) is 26.6 Å². The lowest BCUT2D eigenvalue weighted by Gasteiger charge is -2.42. The normalized spacial score (nSPS) is 23.5. The van der Waals surface area contributed by atoms with E-state index >= 15 is 0 Å². The van der Waals surface area contributed by atoms with Crippen molar-refractivity contribution in [2.24, 2.45) is 0 Å². The molecule has 2 saturated heterocycles. The fourth-order valence-electron chi connectivity index (χ4n) is 4.44. The van der Waals surface area contributed by atoms with Crippen molar-refractivity contribution in [3.8, 4) is 11.1 Å². The molecule has 0 aliphatic carbocycles. The van der Waals surface area contributed by atoms with Gasteiger partial charge in [0.2, 0.25) is 0 Å². The van der Waals surface area contributed by atoms with Crippen LogP contribution in [0.5, 0.6) is 0 Å². The van der Waals surface area contributed by atoms with E-state index in [1.165, 1.54) is 5.56 Å². The smallest absolute Gasteiger partial charge is 0.254 e. The molecule has 164 valence electrons. The number of morpholine rings is 1. The van der Waals surface area contributed by atoms with Crippen molar-refractivity contribution in [3.63, 3.8) is 0 Å². The van der Waals surface area contributed by atoms with Crippen molar-refractivity contribution in [2.45, 2.75) is 37.9 Å². The lowest BCUT2D eigenvalue weighted by Crippen LogP contribution is -2.62. The first kappa shape index (κ1) is 21.5. The molecule has 31 heavy (non-hydrogen) atoms. The third-order valence-corrected chi connectivity index (χ3v) is 6.15. The standard InChI is InChI=1S/C25H30N2O4/c1-18-8-10-20(11-9-18)21-6-3-5-19(15-21)16-25(24(29)26-2)17-27(12-14-31-25)23(28)22-7-4-13-30-22/h3,5-6,8-11,15,22H,4,7,12-14,16-17H2,1-2H3,(H,26,29)/t22-,25+/m1/s1. The van der Waals surface area contributed by atoms with Crippen LogP contribution in [0, 0.1) is 6.92 Å². The molecule has 0 radical (unpaired) electrons. The van der Waals surface area contributed by atoms with Gasteiger partial charge in [-0.05, 0) is 36.5 Å². The second-order valence-electron chi connectivity index (χ2n) is 8.43. The molecule has 6 nitrogen and oxygen atoms in total. The van der Waals surface area contributed by atoms with Crippen LogP contribution in [0.15, 0.2) is 48.5 Å². The van der Waals surface area contributed by atoms with Gasteiger partial charge in [0.05, 0.1) is 13.2 Å². The summed E-state index contributed by atoms with van der Waals surface area (Å²) >= 11 is 0. The molecule has 0 unspecified atom stereocenters. The molecular formula is C25H30N2O4. The van der Waals surface area contributed by atoms with Gasteiger partial charge in [0.15, 0.2) is 5.60 Å². The van der Waals surface area contributed by atoms with Crippen molar-refractivity contribution >= 4 is 11.8 Å². The summed E-state index contributed by atoms with van der Waals surface area (Å²) in [5.74, 6) is -0.249. The summed E-state index contributed by atoms with van der Waals surface area (Å²) in [7, 11) is 1.61. The number of hydrogen-bond donors (Lipinski definition) is 1. The monoisotopic (exact) mass is 422 g/mol.